The summed E-state index contributed by atoms with van der Waals surface area (Å²) in [5, 5.41) is 3.82. The van der Waals surface area contributed by atoms with Crippen LogP contribution in [-0.2, 0) is 53.4 Å². The third-order valence-corrected chi connectivity index (χ3v) is 12.4. The van der Waals surface area contributed by atoms with Crippen LogP contribution in [0.25, 0.3) is 0 Å². The van der Waals surface area contributed by atoms with E-state index in [1.807, 2.05) is 42.1 Å². The van der Waals surface area contributed by atoms with Crippen molar-refractivity contribution in [1.29, 1.82) is 0 Å². The number of benzene rings is 1. The van der Waals surface area contributed by atoms with Crippen LogP contribution in [0.1, 0.15) is 75.5 Å². The van der Waals surface area contributed by atoms with Crippen LogP contribution in [0.15, 0.2) is 30.9 Å². The van der Waals surface area contributed by atoms with Gasteiger partial charge in [-0.05, 0) is 60.6 Å². The van der Waals surface area contributed by atoms with Gasteiger partial charge in [-0.15, -0.1) is 6.58 Å². The number of halogens is 3. The van der Waals surface area contributed by atoms with Gasteiger partial charge in [0.1, 0.15) is 23.7 Å². The molecular formula is C35H44F3N5O9S. The van der Waals surface area contributed by atoms with E-state index in [1.54, 1.807) is 0 Å². The number of rotatable bonds is 7. The lowest BCUT2D eigenvalue weighted by Gasteiger charge is -2.30. The van der Waals surface area contributed by atoms with Crippen molar-refractivity contribution in [3.8, 4) is 0 Å². The first-order valence-corrected chi connectivity index (χ1v) is 19.2. The smallest absolute Gasteiger partial charge is 0.410 e. The Balaban J connectivity index is 1.29. The third-order valence-electron chi connectivity index (χ3n) is 10.6. The van der Waals surface area contributed by atoms with Crippen molar-refractivity contribution >= 4 is 39.9 Å². The molecule has 18 heteroatoms. The molecule has 0 unspecified atom stereocenters. The van der Waals surface area contributed by atoms with Crippen molar-refractivity contribution < 1.29 is 55.0 Å². The van der Waals surface area contributed by atoms with E-state index >= 15 is 0 Å². The fourth-order valence-corrected chi connectivity index (χ4v) is 8.74. The summed E-state index contributed by atoms with van der Waals surface area (Å²) in [5.74, 6) is -3.98. The first kappa shape index (κ1) is 38.4. The normalized spacial score (nSPS) is 29.1. The fraction of sp³-hybridized carbons (Fsp3) is 0.629. The number of carbonyl (C=O) groups is 5. The van der Waals surface area contributed by atoms with E-state index in [9.17, 15) is 45.6 Å². The minimum atomic E-state index is -4.94. The predicted molar refractivity (Wildman–Crippen MR) is 181 cm³/mol. The van der Waals surface area contributed by atoms with Gasteiger partial charge in [-0.25, -0.2) is 18.0 Å². The van der Waals surface area contributed by atoms with Gasteiger partial charge in [-0.1, -0.05) is 38.1 Å². The van der Waals surface area contributed by atoms with Crippen LogP contribution < -0.4 is 15.4 Å². The molecule has 5 amide bonds. The lowest BCUT2D eigenvalue weighted by Crippen LogP contribution is -2.58. The molecule has 1 aromatic rings. The Morgan fingerprint density at radius 2 is 1.85 bits per heavy atom. The van der Waals surface area contributed by atoms with Crippen LogP contribution in [0.2, 0.25) is 0 Å². The largest absolute Gasteiger partial charge is 0.449 e. The SMILES string of the molecule is C=C[C@@H]1C[C@]1(NC(=O)[C@@H]1C[C@@H]2CN1C(=O)[C@H](CC(F)(F)F)NC(=O)OCC(C)(C)CCCc1cccc3c1CN(C3)C(=O)O2)C(=O)NS(=O)(=O)C1CC1. The molecule has 3 aliphatic heterocycles. The number of alkyl halides is 3. The van der Waals surface area contributed by atoms with Gasteiger partial charge in [0.15, 0.2) is 0 Å². The molecule has 3 fully saturated rings. The molecule has 0 radical (unpaired) electrons. The van der Waals surface area contributed by atoms with Crippen LogP contribution in [0, 0.1) is 11.3 Å². The van der Waals surface area contributed by atoms with Gasteiger partial charge in [0.25, 0.3) is 5.91 Å². The van der Waals surface area contributed by atoms with Gasteiger partial charge in [0.05, 0.1) is 24.8 Å². The maximum Gasteiger partial charge on any atom is 0.410 e. The van der Waals surface area contributed by atoms with E-state index in [2.05, 4.69) is 11.9 Å². The van der Waals surface area contributed by atoms with Crippen molar-refractivity contribution in [2.45, 2.75) is 113 Å². The van der Waals surface area contributed by atoms with Crippen LogP contribution in [0.4, 0.5) is 22.8 Å². The number of sulfonamides is 1. The van der Waals surface area contributed by atoms with E-state index in [-0.39, 0.29) is 32.5 Å². The molecule has 5 aliphatic rings. The number of alkyl carbamates (subject to hydrolysis) is 1. The summed E-state index contributed by atoms with van der Waals surface area (Å²) in [7, 11) is -4.02. The molecule has 14 nitrogen and oxygen atoms in total. The minimum absolute atomic E-state index is 0.0225. The summed E-state index contributed by atoms with van der Waals surface area (Å²) in [4.78, 5) is 70.0. The van der Waals surface area contributed by atoms with Crippen molar-refractivity contribution in [3.05, 3.63) is 47.5 Å². The molecule has 3 N–H and O–H groups in total. The maximum atomic E-state index is 14.0. The van der Waals surface area contributed by atoms with Crippen molar-refractivity contribution in [2.75, 3.05) is 13.2 Å². The van der Waals surface area contributed by atoms with Crippen molar-refractivity contribution in [3.63, 3.8) is 0 Å². The monoisotopic (exact) mass is 767 g/mol. The number of carbonyl (C=O) groups excluding carboxylic acids is 5. The minimum Gasteiger partial charge on any atom is -0.449 e. The second kappa shape index (κ2) is 14.1. The number of amides is 5. The molecule has 0 spiro atoms. The molecule has 3 heterocycles. The van der Waals surface area contributed by atoms with Gasteiger partial charge in [0, 0.05) is 25.4 Å². The van der Waals surface area contributed by atoms with E-state index < -0.39 is 99.4 Å². The predicted octanol–water partition coefficient (Wildman–Crippen LogP) is 3.19. The van der Waals surface area contributed by atoms with Gasteiger partial charge in [-0.2, -0.15) is 13.2 Å². The number of cyclic esters (lactones) is 1. The molecule has 6 rings (SSSR count). The number of fused-ring (bicyclic) bond motifs is 3. The molecule has 53 heavy (non-hydrogen) atoms. The van der Waals surface area contributed by atoms with Crippen LogP contribution in [0.5, 0.6) is 0 Å². The highest BCUT2D eigenvalue weighted by atomic mass is 32.2. The second-order valence-electron chi connectivity index (χ2n) is 15.5. The number of nitrogens with zero attached hydrogens (tertiary/aromatic N) is 2. The lowest BCUT2D eigenvalue weighted by molar-refractivity contribution is -0.156. The molecule has 5 atom stereocenters. The molecule has 0 aromatic heterocycles. The van der Waals surface area contributed by atoms with Crippen molar-refractivity contribution in [2.24, 2.45) is 11.3 Å². The van der Waals surface area contributed by atoms with Crippen LogP contribution in [-0.4, -0.2) is 96.4 Å². The van der Waals surface area contributed by atoms with Gasteiger partial charge >= 0.3 is 18.4 Å². The summed E-state index contributed by atoms with van der Waals surface area (Å²) < 4.78 is 79.9. The number of hydrogen-bond donors (Lipinski definition) is 3. The molecule has 2 saturated carbocycles. The van der Waals surface area contributed by atoms with E-state index in [0.29, 0.717) is 32.1 Å². The lowest BCUT2D eigenvalue weighted by atomic mass is 9.86. The highest BCUT2D eigenvalue weighted by Crippen LogP contribution is 2.45. The standard InChI is InChI=1S/C35H44F3N5O9S/c1-4-22-14-34(22,30(46)41-53(49,50)24-10-11-24)40-28(44)27-13-23-17-43(27)29(45)26(15-35(36,37)38)39-31(47)51-19-33(2,3)12-6-9-20-7-5-8-21-16-42(18-25(20)21)32(48)52-23/h4-5,7-8,22-24,26-27H,1,6,9-19H2,2-3H3,(H,39,47)(H,40,44)(H,41,46)/t22-,23-,26+,27+,34-/m1/s1. The summed E-state index contributed by atoms with van der Waals surface area (Å²) >= 11 is 0. The summed E-state index contributed by atoms with van der Waals surface area (Å²) in [6.45, 7) is 7.15. The first-order chi connectivity index (χ1) is 24.8. The summed E-state index contributed by atoms with van der Waals surface area (Å²) in [5.41, 5.74) is 0.608. The van der Waals surface area contributed by atoms with E-state index in [0.717, 1.165) is 21.6 Å². The highest BCUT2D eigenvalue weighted by Gasteiger charge is 2.62. The van der Waals surface area contributed by atoms with Gasteiger partial charge in [0.2, 0.25) is 21.8 Å². The fourth-order valence-electron chi connectivity index (χ4n) is 7.37. The number of hydrogen-bond acceptors (Lipinski definition) is 9. The average Bonchev–Trinajstić information content (AvgIpc) is 3.96. The zero-order valence-electron chi connectivity index (χ0n) is 29.5. The Kier molecular flexibility index (Phi) is 10.2. The zero-order valence-corrected chi connectivity index (χ0v) is 30.3. The number of aryl methyl sites for hydroxylation is 1. The van der Waals surface area contributed by atoms with Crippen LogP contribution in [0.3, 0.4) is 0 Å². The third kappa shape index (κ3) is 8.57. The zero-order chi connectivity index (χ0) is 38.5. The quantitative estimate of drug-likeness (QED) is 0.352. The molecule has 4 bridgehead atoms. The second-order valence-corrected chi connectivity index (χ2v) is 17.4. The topological polar surface area (TPSA) is 181 Å². The molecule has 2 aliphatic carbocycles. The average molecular weight is 768 g/mol. The van der Waals surface area contributed by atoms with E-state index in [1.165, 1.54) is 11.0 Å². The summed E-state index contributed by atoms with van der Waals surface area (Å²) in [6.07, 6.45) is -6.24. The first-order valence-electron chi connectivity index (χ1n) is 17.7. The summed E-state index contributed by atoms with van der Waals surface area (Å²) in [6, 6.07) is 1.99. The van der Waals surface area contributed by atoms with Gasteiger partial charge in [-0.3, -0.25) is 24.0 Å². The number of nitrogens with one attached hydrogen (secondary N) is 3. The number of ether oxygens (including phenoxy) is 2. The Labute approximate surface area is 305 Å². The van der Waals surface area contributed by atoms with Gasteiger partial charge < -0.3 is 25.0 Å². The Bertz CT molecular complexity index is 1800. The molecule has 1 aromatic carbocycles. The highest BCUT2D eigenvalue weighted by molar-refractivity contribution is 7.91. The Morgan fingerprint density at radius 1 is 1.13 bits per heavy atom. The molecular weight excluding hydrogens is 723 g/mol. The van der Waals surface area contributed by atoms with Crippen molar-refractivity contribution in [1.82, 2.24) is 25.2 Å². The molecule has 1 saturated heterocycles. The van der Waals surface area contributed by atoms with Crippen LogP contribution >= 0.6 is 0 Å². The molecule has 290 valence electrons. The Hall–Kier alpha value is -4.35. The maximum absolute atomic E-state index is 14.0. The van der Waals surface area contributed by atoms with E-state index in [4.69, 9.17) is 9.47 Å². The Morgan fingerprint density at radius 3 is 2.51 bits per heavy atom.